The van der Waals surface area contributed by atoms with E-state index in [1.54, 1.807) is 24.6 Å². The van der Waals surface area contributed by atoms with Gasteiger partial charge in [0, 0.05) is 37.9 Å². The van der Waals surface area contributed by atoms with Crippen LogP contribution in [0.5, 0.6) is 0 Å². The number of aliphatic imine (C=N–C) groups is 1. The topological polar surface area (TPSA) is 83.0 Å². The summed E-state index contributed by atoms with van der Waals surface area (Å²) in [6.45, 7) is 3.34. The molecule has 3 aliphatic rings. The molecule has 0 aliphatic carbocycles. The number of anilines is 1. The van der Waals surface area contributed by atoms with Gasteiger partial charge >= 0.3 is 0 Å². The lowest BCUT2D eigenvalue weighted by Gasteiger charge is -2.33. The average molecular weight is 436 g/mol. The minimum absolute atomic E-state index is 0.104. The van der Waals surface area contributed by atoms with Crippen molar-refractivity contribution in [3.05, 3.63) is 66.1 Å². The number of nitrogens with one attached hydrogen (secondary N) is 1. The predicted molar refractivity (Wildman–Crippen MR) is 117 cm³/mol. The number of rotatable bonds is 5. The Kier molecular flexibility index (Phi) is 5.46. The van der Waals surface area contributed by atoms with Gasteiger partial charge in [0.1, 0.15) is 24.2 Å². The lowest BCUT2D eigenvalue weighted by molar-refractivity contribution is -0.131. The highest BCUT2D eigenvalue weighted by molar-refractivity contribution is 5.80. The summed E-state index contributed by atoms with van der Waals surface area (Å²) in [4.78, 5) is 29.8. The van der Waals surface area contributed by atoms with Crippen molar-refractivity contribution in [2.24, 2.45) is 4.99 Å². The second-order valence-electron chi connectivity index (χ2n) is 8.15. The van der Waals surface area contributed by atoms with Crippen LogP contribution in [0.4, 0.5) is 10.3 Å². The molecular weight excluding hydrogens is 411 g/mol. The second kappa shape index (κ2) is 8.57. The zero-order valence-electron chi connectivity index (χ0n) is 17.8. The molecule has 0 saturated carbocycles. The van der Waals surface area contributed by atoms with Crippen molar-refractivity contribution in [3.63, 3.8) is 0 Å². The Balaban J connectivity index is 1.38. The van der Waals surface area contributed by atoms with Gasteiger partial charge in [-0.05, 0) is 36.6 Å². The summed E-state index contributed by atoms with van der Waals surface area (Å²) in [5.74, 6) is 0.405. The minimum Gasteiger partial charge on any atom is -0.432 e. The van der Waals surface area contributed by atoms with Crippen LogP contribution in [-0.4, -0.2) is 50.8 Å². The summed E-state index contributed by atoms with van der Waals surface area (Å²) in [6.07, 6.45) is 7.57. The van der Waals surface area contributed by atoms with Gasteiger partial charge in [-0.2, -0.15) is 0 Å². The molecule has 2 unspecified atom stereocenters. The number of carbonyl (C=O) groups is 1. The lowest BCUT2D eigenvalue weighted by Crippen LogP contribution is -2.45. The fraction of sp³-hybridized carbons (Fsp3) is 0.391. The first kappa shape index (κ1) is 20.4. The van der Waals surface area contributed by atoms with Gasteiger partial charge in [-0.1, -0.05) is 19.1 Å². The highest BCUT2D eigenvalue weighted by Crippen LogP contribution is 2.43. The summed E-state index contributed by atoms with van der Waals surface area (Å²) in [6, 6.07) is 8.30. The molecule has 2 aromatic rings. The maximum Gasteiger partial charge on any atom is 0.298 e. The van der Waals surface area contributed by atoms with E-state index in [9.17, 15) is 9.18 Å². The van der Waals surface area contributed by atoms with Crippen molar-refractivity contribution in [1.29, 1.82) is 0 Å². The van der Waals surface area contributed by atoms with Gasteiger partial charge in [0.2, 0.25) is 11.9 Å². The third kappa shape index (κ3) is 3.90. The van der Waals surface area contributed by atoms with E-state index in [1.165, 1.54) is 12.1 Å². The van der Waals surface area contributed by atoms with E-state index in [-0.39, 0.29) is 29.8 Å². The third-order valence-corrected chi connectivity index (χ3v) is 6.07. The summed E-state index contributed by atoms with van der Waals surface area (Å²) in [7, 11) is 0. The van der Waals surface area contributed by atoms with E-state index in [2.05, 4.69) is 10.3 Å². The highest BCUT2D eigenvalue weighted by atomic mass is 19.1. The SMILES string of the molecule is CCC(=O)N1CCC[C@@H](Nc2nccc(C3C(c4ccc(F)cc4)N=C4OC=CN43)n2)C1. The first-order valence-electron chi connectivity index (χ1n) is 10.9. The predicted octanol–water partition coefficient (Wildman–Crippen LogP) is 3.38. The van der Waals surface area contributed by atoms with Crippen LogP contribution < -0.4 is 5.32 Å². The third-order valence-electron chi connectivity index (χ3n) is 6.07. The van der Waals surface area contributed by atoms with Gasteiger partial charge < -0.3 is 15.0 Å². The molecule has 32 heavy (non-hydrogen) atoms. The van der Waals surface area contributed by atoms with Gasteiger partial charge in [-0.25, -0.2) is 19.4 Å². The minimum atomic E-state index is -0.288. The van der Waals surface area contributed by atoms with Gasteiger partial charge in [0.15, 0.2) is 0 Å². The number of amides is 1. The van der Waals surface area contributed by atoms with Crippen LogP contribution in [0.1, 0.15) is 49.5 Å². The van der Waals surface area contributed by atoms with E-state index in [1.807, 2.05) is 29.0 Å². The van der Waals surface area contributed by atoms with Crippen molar-refractivity contribution >= 4 is 17.9 Å². The van der Waals surface area contributed by atoms with Gasteiger partial charge in [0.25, 0.3) is 6.02 Å². The van der Waals surface area contributed by atoms with Crippen LogP contribution >= 0.6 is 0 Å². The number of ether oxygens (including phenoxy) is 1. The quantitative estimate of drug-likeness (QED) is 0.774. The normalized spacial score (nSPS) is 24.2. The number of fused-ring (bicyclic) bond motifs is 1. The summed E-state index contributed by atoms with van der Waals surface area (Å²) >= 11 is 0. The number of hydrogen-bond acceptors (Lipinski definition) is 7. The van der Waals surface area contributed by atoms with E-state index in [4.69, 9.17) is 14.7 Å². The van der Waals surface area contributed by atoms with Crippen LogP contribution in [0.15, 0.2) is 54.0 Å². The van der Waals surface area contributed by atoms with E-state index in [0.717, 1.165) is 30.6 Å². The van der Waals surface area contributed by atoms with Gasteiger partial charge in [-0.15, -0.1) is 0 Å². The summed E-state index contributed by atoms with van der Waals surface area (Å²) in [5.41, 5.74) is 1.66. The fourth-order valence-corrected chi connectivity index (χ4v) is 4.49. The molecule has 1 fully saturated rings. The lowest BCUT2D eigenvalue weighted by atomic mass is 9.97. The molecule has 8 nitrogen and oxygen atoms in total. The zero-order valence-corrected chi connectivity index (χ0v) is 17.8. The smallest absolute Gasteiger partial charge is 0.298 e. The molecule has 0 bridgehead atoms. The maximum absolute atomic E-state index is 13.5. The average Bonchev–Trinajstić information content (AvgIpc) is 3.41. The number of benzene rings is 1. The van der Waals surface area contributed by atoms with Crippen molar-refractivity contribution in [3.8, 4) is 0 Å². The largest absolute Gasteiger partial charge is 0.432 e. The molecule has 1 N–H and O–H groups in total. The van der Waals surface area contributed by atoms with Crippen molar-refractivity contribution in [1.82, 2.24) is 19.8 Å². The Bertz CT molecular complexity index is 1060. The maximum atomic E-state index is 13.5. The number of nitrogens with zero attached hydrogens (tertiary/aromatic N) is 5. The molecule has 1 saturated heterocycles. The standard InChI is InChI=1S/C23H25FN6O2/c1-2-19(31)29-11-3-4-17(14-29)26-22-25-10-9-18(27-22)21-20(15-5-7-16(24)8-6-15)28-23-30(21)12-13-32-23/h5-10,12-13,17,20-21H,2-4,11,14H2,1H3,(H,25,26,27)/t17-,20?,21?/m1/s1. The number of likely N-dealkylation sites (tertiary alicyclic amines) is 1. The molecule has 0 spiro atoms. The van der Waals surface area contributed by atoms with E-state index in [0.29, 0.717) is 24.9 Å². The Labute approximate surface area is 185 Å². The molecule has 3 aliphatic heterocycles. The first-order valence-corrected chi connectivity index (χ1v) is 10.9. The van der Waals surface area contributed by atoms with Gasteiger partial charge in [0.05, 0.1) is 5.69 Å². The number of halogens is 1. The van der Waals surface area contributed by atoms with Gasteiger partial charge in [-0.3, -0.25) is 9.69 Å². The molecule has 4 heterocycles. The van der Waals surface area contributed by atoms with Crippen LogP contribution in [0.2, 0.25) is 0 Å². The van der Waals surface area contributed by atoms with Crippen LogP contribution in [-0.2, 0) is 9.53 Å². The first-order chi connectivity index (χ1) is 15.6. The summed E-state index contributed by atoms with van der Waals surface area (Å²) in [5, 5.41) is 3.40. The Morgan fingerprint density at radius 1 is 1.28 bits per heavy atom. The fourth-order valence-electron chi connectivity index (χ4n) is 4.49. The van der Waals surface area contributed by atoms with Crippen LogP contribution in [0, 0.1) is 5.82 Å². The highest BCUT2D eigenvalue weighted by Gasteiger charge is 2.41. The Hall–Kier alpha value is -3.49. The van der Waals surface area contributed by atoms with Crippen LogP contribution in [0.3, 0.4) is 0 Å². The number of amidine groups is 1. The van der Waals surface area contributed by atoms with Crippen LogP contribution in [0.25, 0.3) is 0 Å². The molecule has 1 amide bonds. The molecule has 166 valence electrons. The Morgan fingerprint density at radius 2 is 2.12 bits per heavy atom. The molecule has 9 heteroatoms. The van der Waals surface area contributed by atoms with E-state index >= 15 is 0 Å². The number of piperidine rings is 1. The zero-order chi connectivity index (χ0) is 22.1. The molecule has 1 aromatic carbocycles. The molecule has 5 rings (SSSR count). The van der Waals surface area contributed by atoms with Crippen molar-refractivity contribution in [2.45, 2.75) is 44.3 Å². The second-order valence-corrected chi connectivity index (χ2v) is 8.15. The Morgan fingerprint density at radius 3 is 2.94 bits per heavy atom. The van der Waals surface area contributed by atoms with Crippen molar-refractivity contribution in [2.75, 3.05) is 18.4 Å². The van der Waals surface area contributed by atoms with Crippen molar-refractivity contribution < 1.29 is 13.9 Å². The number of hydrogen-bond donors (Lipinski definition) is 1. The summed E-state index contributed by atoms with van der Waals surface area (Å²) < 4.78 is 19.0. The molecule has 0 radical (unpaired) electrons. The molecule has 3 atom stereocenters. The molecule has 1 aromatic heterocycles. The number of carbonyl (C=O) groups excluding carboxylic acids is 1. The number of aromatic nitrogens is 2. The monoisotopic (exact) mass is 436 g/mol. The molecular formula is C23H25FN6O2. The van der Waals surface area contributed by atoms with E-state index < -0.39 is 0 Å².